The Hall–Kier alpha value is -1.82. The van der Waals surface area contributed by atoms with Crippen LogP contribution in [0.2, 0.25) is 0 Å². The molecular weight excluding hydrogens is 226 g/mol. The van der Waals surface area contributed by atoms with Gasteiger partial charge in [0.25, 0.3) is 0 Å². The number of nitriles is 1. The summed E-state index contributed by atoms with van der Waals surface area (Å²) < 4.78 is 0. The average molecular weight is 244 g/mol. The SMILES string of the molecule is CC(CCc1ccccc1)CCC(C#N)C(=O)[O-]. The molecule has 0 amide bonds. The molecule has 1 aromatic carbocycles. The third kappa shape index (κ3) is 5.01. The predicted molar refractivity (Wildman–Crippen MR) is 67.3 cm³/mol. The number of carbonyl (C=O) groups excluding carboxylic acids is 1. The lowest BCUT2D eigenvalue weighted by molar-refractivity contribution is -0.309. The fourth-order valence-electron chi connectivity index (χ4n) is 1.89. The van der Waals surface area contributed by atoms with Gasteiger partial charge in [-0.25, -0.2) is 0 Å². The van der Waals surface area contributed by atoms with Crippen LogP contribution in [-0.2, 0) is 11.2 Å². The number of carbonyl (C=O) groups is 1. The molecule has 0 aliphatic rings. The zero-order chi connectivity index (χ0) is 13.4. The summed E-state index contributed by atoms with van der Waals surface area (Å²) in [6, 6.07) is 12.0. The second-order valence-electron chi connectivity index (χ2n) is 4.71. The van der Waals surface area contributed by atoms with Gasteiger partial charge < -0.3 is 9.90 Å². The van der Waals surface area contributed by atoms with E-state index in [0.29, 0.717) is 12.3 Å². The highest BCUT2D eigenvalue weighted by atomic mass is 16.4. The zero-order valence-corrected chi connectivity index (χ0v) is 10.6. The number of rotatable bonds is 7. The summed E-state index contributed by atoms with van der Waals surface area (Å²) in [7, 11) is 0. The van der Waals surface area contributed by atoms with Crippen LogP contribution in [0.25, 0.3) is 0 Å². The molecule has 0 radical (unpaired) electrons. The molecule has 0 aliphatic carbocycles. The summed E-state index contributed by atoms with van der Waals surface area (Å²) in [6.45, 7) is 2.09. The molecule has 96 valence electrons. The van der Waals surface area contributed by atoms with Crippen molar-refractivity contribution in [2.24, 2.45) is 11.8 Å². The Morgan fingerprint density at radius 2 is 1.94 bits per heavy atom. The van der Waals surface area contributed by atoms with Gasteiger partial charge in [-0.3, -0.25) is 0 Å². The molecular formula is C15H18NO2-. The largest absolute Gasteiger partial charge is 0.549 e. The number of nitrogens with zero attached hydrogens (tertiary/aromatic N) is 1. The molecule has 18 heavy (non-hydrogen) atoms. The van der Waals surface area contributed by atoms with Gasteiger partial charge >= 0.3 is 0 Å². The van der Waals surface area contributed by atoms with E-state index in [0.717, 1.165) is 19.3 Å². The van der Waals surface area contributed by atoms with Crippen molar-refractivity contribution in [3.05, 3.63) is 35.9 Å². The van der Waals surface area contributed by atoms with Crippen LogP contribution in [0.5, 0.6) is 0 Å². The summed E-state index contributed by atoms with van der Waals surface area (Å²) in [4.78, 5) is 10.6. The Balaban J connectivity index is 2.28. The van der Waals surface area contributed by atoms with Crippen molar-refractivity contribution >= 4 is 5.97 Å². The summed E-state index contributed by atoms with van der Waals surface area (Å²) in [5.41, 5.74) is 1.29. The molecule has 0 saturated carbocycles. The lowest BCUT2D eigenvalue weighted by Gasteiger charge is -2.14. The Kier molecular flexibility index (Phi) is 5.93. The van der Waals surface area contributed by atoms with Crippen molar-refractivity contribution in [1.82, 2.24) is 0 Å². The van der Waals surface area contributed by atoms with Crippen molar-refractivity contribution in [1.29, 1.82) is 5.26 Å². The molecule has 2 unspecified atom stereocenters. The molecule has 0 aliphatic heterocycles. The first-order valence-electron chi connectivity index (χ1n) is 6.28. The van der Waals surface area contributed by atoms with E-state index in [9.17, 15) is 9.90 Å². The van der Waals surface area contributed by atoms with E-state index in [-0.39, 0.29) is 0 Å². The van der Waals surface area contributed by atoms with Crippen LogP contribution in [0.1, 0.15) is 31.7 Å². The normalized spacial score (nSPS) is 13.6. The van der Waals surface area contributed by atoms with Crippen LogP contribution >= 0.6 is 0 Å². The van der Waals surface area contributed by atoms with Crippen molar-refractivity contribution in [2.75, 3.05) is 0 Å². The molecule has 1 rings (SSSR count). The number of benzene rings is 1. The fraction of sp³-hybridized carbons (Fsp3) is 0.467. The lowest BCUT2D eigenvalue weighted by atomic mass is 9.93. The van der Waals surface area contributed by atoms with E-state index < -0.39 is 11.9 Å². The van der Waals surface area contributed by atoms with Crippen LogP contribution in [0, 0.1) is 23.2 Å². The number of carboxylic acid groups (broad SMARTS) is 1. The van der Waals surface area contributed by atoms with E-state index in [2.05, 4.69) is 19.1 Å². The molecule has 0 heterocycles. The van der Waals surface area contributed by atoms with Crippen LogP contribution in [-0.4, -0.2) is 5.97 Å². The molecule has 1 aromatic rings. The van der Waals surface area contributed by atoms with Gasteiger partial charge in [0.05, 0.1) is 18.0 Å². The van der Waals surface area contributed by atoms with Crippen LogP contribution in [0.4, 0.5) is 0 Å². The van der Waals surface area contributed by atoms with Crippen molar-refractivity contribution in [3.8, 4) is 6.07 Å². The molecule has 2 atom stereocenters. The van der Waals surface area contributed by atoms with E-state index in [1.165, 1.54) is 5.56 Å². The fourth-order valence-corrected chi connectivity index (χ4v) is 1.89. The molecule has 3 heteroatoms. The van der Waals surface area contributed by atoms with Gasteiger partial charge in [0.1, 0.15) is 0 Å². The first-order chi connectivity index (χ1) is 8.63. The Labute approximate surface area is 108 Å². The van der Waals surface area contributed by atoms with Gasteiger partial charge in [-0.1, -0.05) is 37.3 Å². The standard InChI is InChI=1S/C15H19NO2/c1-12(8-10-14(11-16)15(17)18)7-9-13-5-3-2-4-6-13/h2-6,12,14H,7-10H2,1H3,(H,17,18)/p-1. The first kappa shape index (κ1) is 14.2. The Morgan fingerprint density at radius 1 is 1.28 bits per heavy atom. The Morgan fingerprint density at radius 3 is 2.50 bits per heavy atom. The monoisotopic (exact) mass is 244 g/mol. The predicted octanol–water partition coefficient (Wildman–Crippen LogP) is 1.93. The second kappa shape index (κ2) is 7.50. The molecule has 3 nitrogen and oxygen atoms in total. The summed E-state index contributed by atoms with van der Waals surface area (Å²) in [5, 5.41) is 19.2. The summed E-state index contributed by atoms with van der Waals surface area (Å²) >= 11 is 0. The highest BCUT2D eigenvalue weighted by Crippen LogP contribution is 2.17. The van der Waals surface area contributed by atoms with Crippen LogP contribution in [0.3, 0.4) is 0 Å². The maximum absolute atomic E-state index is 10.6. The first-order valence-corrected chi connectivity index (χ1v) is 6.28. The van der Waals surface area contributed by atoms with Gasteiger partial charge in [0.2, 0.25) is 0 Å². The maximum Gasteiger partial charge on any atom is 0.0858 e. The van der Waals surface area contributed by atoms with Gasteiger partial charge in [0, 0.05) is 0 Å². The Bertz CT molecular complexity index is 408. The number of aliphatic carboxylic acids is 1. The molecule has 0 aromatic heterocycles. The highest BCUT2D eigenvalue weighted by molar-refractivity contribution is 5.70. The molecule has 0 N–H and O–H groups in total. The van der Waals surface area contributed by atoms with Gasteiger partial charge in [-0.05, 0) is 37.2 Å². The van der Waals surface area contributed by atoms with Crippen LogP contribution < -0.4 is 5.11 Å². The van der Waals surface area contributed by atoms with Gasteiger partial charge in [0.15, 0.2) is 0 Å². The molecule has 0 bridgehead atoms. The van der Waals surface area contributed by atoms with Crippen molar-refractivity contribution < 1.29 is 9.90 Å². The maximum atomic E-state index is 10.6. The summed E-state index contributed by atoms with van der Waals surface area (Å²) in [5.74, 6) is -1.81. The minimum atomic E-state index is -1.26. The minimum Gasteiger partial charge on any atom is -0.549 e. The van der Waals surface area contributed by atoms with Crippen molar-refractivity contribution in [2.45, 2.75) is 32.6 Å². The average Bonchev–Trinajstić information content (AvgIpc) is 2.38. The van der Waals surface area contributed by atoms with E-state index in [4.69, 9.17) is 5.26 Å². The number of hydrogen-bond donors (Lipinski definition) is 0. The topological polar surface area (TPSA) is 63.9 Å². The number of aryl methyl sites for hydroxylation is 1. The third-order valence-electron chi connectivity index (χ3n) is 3.16. The quantitative estimate of drug-likeness (QED) is 0.736. The highest BCUT2D eigenvalue weighted by Gasteiger charge is 2.11. The molecule has 0 spiro atoms. The number of hydrogen-bond acceptors (Lipinski definition) is 3. The summed E-state index contributed by atoms with van der Waals surface area (Å²) in [6.07, 6.45) is 3.13. The molecule has 0 fully saturated rings. The van der Waals surface area contributed by atoms with Gasteiger partial charge in [-0.15, -0.1) is 0 Å². The van der Waals surface area contributed by atoms with Gasteiger partial charge in [-0.2, -0.15) is 5.26 Å². The van der Waals surface area contributed by atoms with Crippen LogP contribution in [0.15, 0.2) is 30.3 Å². The second-order valence-corrected chi connectivity index (χ2v) is 4.71. The van der Waals surface area contributed by atoms with E-state index in [1.807, 2.05) is 18.2 Å². The third-order valence-corrected chi connectivity index (χ3v) is 3.16. The zero-order valence-electron chi connectivity index (χ0n) is 10.6. The minimum absolute atomic E-state index is 0.384. The van der Waals surface area contributed by atoms with E-state index >= 15 is 0 Å². The van der Waals surface area contributed by atoms with Crippen molar-refractivity contribution in [3.63, 3.8) is 0 Å². The molecule has 0 saturated heterocycles. The lowest BCUT2D eigenvalue weighted by Crippen LogP contribution is -2.30. The smallest absolute Gasteiger partial charge is 0.0858 e. The number of carboxylic acids is 1. The van der Waals surface area contributed by atoms with E-state index in [1.54, 1.807) is 6.07 Å².